The maximum atomic E-state index is 12.2. The third-order valence-electron chi connectivity index (χ3n) is 4.48. The molecule has 1 aliphatic rings. The van der Waals surface area contributed by atoms with Gasteiger partial charge in [0, 0.05) is 13.1 Å². The molecule has 0 aliphatic carbocycles. The molecule has 0 bridgehead atoms. The Morgan fingerprint density at radius 2 is 1.79 bits per heavy atom. The van der Waals surface area contributed by atoms with E-state index in [0.29, 0.717) is 6.42 Å². The van der Waals surface area contributed by atoms with E-state index in [2.05, 4.69) is 5.32 Å². The van der Waals surface area contributed by atoms with Gasteiger partial charge < -0.3 is 10.2 Å². The van der Waals surface area contributed by atoms with Crippen molar-refractivity contribution < 1.29 is 14.4 Å². The number of hydroxylamine groups is 2. The average molecular weight is 332 g/mol. The maximum absolute atomic E-state index is 12.2. The fourth-order valence-corrected chi connectivity index (χ4v) is 3.29. The molecule has 132 valence electrons. The van der Waals surface area contributed by atoms with Crippen molar-refractivity contribution in [2.24, 2.45) is 5.41 Å². The molecule has 0 spiro atoms. The predicted molar refractivity (Wildman–Crippen MR) is 93.4 cm³/mol. The zero-order valence-electron chi connectivity index (χ0n) is 14.9. The van der Waals surface area contributed by atoms with Crippen LogP contribution in [-0.2, 0) is 16.1 Å². The number of carbonyl (C=O) groups excluding carboxylic acids is 2. The summed E-state index contributed by atoms with van der Waals surface area (Å²) in [5.74, 6) is -0.0634. The molecule has 1 unspecified atom stereocenters. The topological polar surface area (TPSA) is 58.6 Å². The molecule has 1 fully saturated rings. The molecule has 24 heavy (non-hydrogen) atoms. The van der Waals surface area contributed by atoms with Crippen LogP contribution in [0.1, 0.15) is 45.6 Å². The second-order valence-corrected chi connectivity index (χ2v) is 7.21. The molecule has 1 N–H and O–H groups in total. The summed E-state index contributed by atoms with van der Waals surface area (Å²) in [6.07, 6.45) is 3.38. The Labute approximate surface area is 144 Å². The Bertz CT molecular complexity index is 551. The van der Waals surface area contributed by atoms with Crippen molar-refractivity contribution >= 4 is 11.9 Å². The highest BCUT2D eigenvalue weighted by molar-refractivity contribution is 5.86. The summed E-state index contributed by atoms with van der Waals surface area (Å²) in [6.45, 7) is 7.01. The number of nitrogens with zero attached hydrogens (tertiary/aromatic N) is 1. The molecular formula is C19H28N2O3. The van der Waals surface area contributed by atoms with Gasteiger partial charge in [0.25, 0.3) is 0 Å². The van der Waals surface area contributed by atoms with Gasteiger partial charge in [-0.3, -0.25) is 4.79 Å². The van der Waals surface area contributed by atoms with E-state index < -0.39 is 17.6 Å². The van der Waals surface area contributed by atoms with E-state index in [9.17, 15) is 9.59 Å². The lowest BCUT2D eigenvalue weighted by Gasteiger charge is -2.34. The highest BCUT2D eigenvalue weighted by Crippen LogP contribution is 2.27. The molecular weight excluding hydrogens is 304 g/mol. The van der Waals surface area contributed by atoms with Gasteiger partial charge in [0.2, 0.25) is 0 Å². The summed E-state index contributed by atoms with van der Waals surface area (Å²) in [6, 6.07) is 9.40. The van der Waals surface area contributed by atoms with Crippen molar-refractivity contribution in [2.75, 3.05) is 13.1 Å². The van der Waals surface area contributed by atoms with Crippen molar-refractivity contribution in [3.8, 4) is 0 Å². The Hall–Kier alpha value is -1.88. The van der Waals surface area contributed by atoms with E-state index in [0.717, 1.165) is 31.5 Å². The van der Waals surface area contributed by atoms with Crippen LogP contribution in [0.5, 0.6) is 0 Å². The lowest BCUT2D eigenvalue weighted by molar-refractivity contribution is -0.125. The van der Waals surface area contributed by atoms with Gasteiger partial charge in [-0.25, -0.2) is 4.79 Å². The summed E-state index contributed by atoms with van der Waals surface area (Å²) in [7, 11) is 0. The number of rotatable bonds is 6. The number of benzene rings is 1. The molecule has 5 heteroatoms. The summed E-state index contributed by atoms with van der Waals surface area (Å²) in [5.41, 5.74) is 0.730. The summed E-state index contributed by atoms with van der Waals surface area (Å²) in [5, 5.41) is 4.45. The van der Waals surface area contributed by atoms with Crippen molar-refractivity contribution in [3.63, 3.8) is 0 Å². The van der Waals surface area contributed by atoms with Gasteiger partial charge in [0.1, 0.15) is 0 Å². The van der Waals surface area contributed by atoms with Gasteiger partial charge in [0.15, 0.2) is 5.78 Å². The highest BCUT2D eigenvalue weighted by atomic mass is 16.7. The van der Waals surface area contributed by atoms with Crippen molar-refractivity contribution in [3.05, 3.63) is 35.9 Å². The monoisotopic (exact) mass is 332 g/mol. The lowest BCUT2D eigenvalue weighted by Crippen LogP contribution is -2.51. The normalized spacial score (nSPS) is 17.1. The van der Waals surface area contributed by atoms with E-state index in [1.54, 1.807) is 5.06 Å². The average Bonchev–Trinajstić information content (AvgIpc) is 2.53. The van der Waals surface area contributed by atoms with Crippen molar-refractivity contribution in [1.82, 2.24) is 10.4 Å². The van der Waals surface area contributed by atoms with Crippen LogP contribution in [-0.4, -0.2) is 36.1 Å². The molecule has 1 heterocycles. The number of carbonyl (C=O) groups is 2. The molecule has 1 amide bonds. The van der Waals surface area contributed by atoms with E-state index >= 15 is 0 Å². The van der Waals surface area contributed by atoms with E-state index in [1.165, 1.54) is 13.3 Å². The number of ketones is 1. The lowest BCUT2D eigenvalue weighted by atomic mass is 9.77. The third kappa shape index (κ3) is 5.34. The molecule has 0 radical (unpaired) electrons. The van der Waals surface area contributed by atoms with Crippen LogP contribution in [0.2, 0.25) is 0 Å². The van der Waals surface area contributed by atoms with Gasteiger partial charge in [-0.2, -0.15) is 0 Å². The smallest absolute Gasteiger partial charge is 0.351 e. The third-order valence-corrected chi connectivity index (χ3v) is 4.48. The fraction of sp³-hybridized carbons (Fsp3) is 0.579. The fourth-order valence-electron chi connectivity index (χ4n) is 3.29. The molecule has 1 atom stereocenters. The number of hydrogen-bond donors (Lipinski definition) is 1. The highest BCUT2D eigenvalue weighted by Gasteiger charge is 2.35. The van der Waals surface area contributed by atoms with Crippen LogP contribution in [0.25, 0.3) is 0 Å². The minimum absolute atomic E-state index is 0.0634. The second-order valence-electron chi connectivity index (χ2n) is 7.21. The number of amides is 1. The quantitative estimate of drug-likeness (QED) is 0.868. The molecule has 0 aromatic heterocycles. The molecule has 1 aromatic rings. The molecule has 0 saturated carbocycles. The molecule has 5 nitrogen and oxygen atoms in total. The number of piperidine rings is 1. The predicted octanol–water partition coefficient (Wildman–Crippen LogP) is 3.34. The van der Waals surface area contributed by atoms with E-state index in [1.807, 2.05) is 44.2 Å². The molecule has 2 rings (SSSR count). The number of nitrogens with one attached hydrogen (secondary N) is 1. The zero-order valence-corrected chi connectivity index (χ0v) is 14.9. The van der Waals surface area contributed by atoms with E-state index in [4.69, 9.17) is 4.84 Å². The second kappa shape index (κ2) is 8.29. The largest absolute Gasteiger partial charge is 0.426 e. The first-order chi connectivity index (χ1) is 11.4. The first kappa shape index (κ1) is 18.5. The standard InChI is InChI=1S/C19H28N2O3/c1-15(22)17(19(2,3)14-16-10-6-4-7-11-16)20-18(23)24-21-12-8-5-9-13-21/h4,6-7,10-11,17H,5,8-9,12-14H2,1-3H3,(H,20,23). The van der Waals surface area contributed by atoms with Crippen LogP contribution in [0.4, 0.5) is 4.79 Å². The first-order valence-electron chi connectivity index (χ1n) is 8.66. The Balaban J connectivity index is 1.99. The summed E-state index contributed by atoms with van der Waals surface area (Å²) < 4.78 is 0. The van der Waals surface area contributed by atoms with Gasteiger partial charge in [-0.1, -0.05) is 50.6 Å². The Morgan fingerprint density at radius 3 is 2.38 bits per heavy atom. The van der Waals surface area contributed by atoms with Gasteiger partial charge in [0.05, 0.1) is 6.04 Å². The van der Waals surface area contributed by atoms with Crippen LogP contribution >= 0.6 is 0 Å². The molecule has 1 saturated heterocycles. The van der Waals surface area contributed by atoms with Crippen molar-refractivity contribution in [2.45, 2.75) is 52.5 Å². The summed E-state index contributed by atoms with van der Waals surface area (Å²) in [4.78, 5) is 29.7. The SMILES string of the molecule is CC(=O)C(NC(=O)ON1CCCCC1)C(C)(C)Cc1ccccc1. The molecule has 1 aliphatic heterocycles. The maximum Gasteiger partial charge on any atom is 0.426 e. The number of hydrogen-bond acceptors (Lipinski definition) is 4. The van der Waals surface area contributed by atoms with Crippen LogP contribution in [0, 0.1) is 5.41 Å². The number of Topliss-reactive ketones (excluding diaryl/α,β-unsaturated/α-hetero) is 1. The van der Waals surface area contributed by atoms with Crippen LogP contribution in [0.15, 0.2) is 30.3 Å². The Morgan fingerprint density at radius 1 is 1.17 bits per heavy atom. The molecule has 1 aromatic carbocycles. The first-order valence-corrected chi connectivity index (χ1v) is 8.66. The minimum atomic E-state index is -0.588. The van der Waals surface area contributed by atoms with Crippen LogP contribution < -0.4 is 5.32 Å². The van der Waals surface area contributed by atoms with E-state index in [-0.39, 0.29) is 5.78 Å². The summed E-state index contributed by atoms with van der Waals surface area (Å²) >= 11 is 0. The van der Waals surface area contributed by atoms with Gasteiger partial charge in [-0.15, -0.1) is 5.06 Å². The Kier molecular flexibility index (Phi) is 6.37. The van der Waals surface area contributed by atoms with Crippen molar-refractivity contribution in [1.29, 1.82) is 0 Å². The zero-order chi connectivity index (χ0) is 17.6. The minimum Gasteiger partial charge on any atom is -0.351 e. The van der Waals surface area contributed by atoms with Crippen LogP contribution in [0.3, 0.4) is 0 Å². The van der Waals surface area contributed by atoms with Gasteiger partial charge in [-0.05, 0) is 37.2 Å². The van der Waals surface area contributed by atoms with Gasteiger partial charge >= 0.3 is 6.09 Å².